The van der Waals surface area contributed by atoms with Gasteiger partial charge in [-0.3, -0.25) is 0 Å². The molecule has 0 heterocycles. The van der Waals surface area contributed by atoms with E-state index in [4.69, 9.17) is 0 Å². The molecule has 1 radical (unpaired) electrons. The Kier molecular flexibility index (Phi) is 4.52. The second-order valence-electron chi connectivity index (χ2n) is 4.90. The summed E-state index contributed by atoms with van der Waals surface area (Å²) in [6.45, 7) is 3.73. The fourth-order valence-electron chi connectivity index (χ4n) is 2.38. The number of halogens is 2. The lowest BCUT2D eigenvalue weighted by Gasteiger charge is -2.18. The van der Waals surface area contributed by atoms with Gasteiger partial charge < -0.3 is 0 Å². The Balaban J connectivity index is 2.22. The van der Waals surface area contributed by atoms with Crippen molar-refractivity contribution in [3.05, 3.63) is 55.0 Å². The van der Waals surface area contributed by atoms with E-state index in [1.54, 1.807) is 18.2 Å². The van der Waals surface area contributed by atoms with E-state index in [0.29, 0.717) is 11.8 Å². The molecule has 0 bridgehead atoms. The molecule has 2 aromatic rings. The van der Waals surface area contributed by atoms with Crippen molar-refractivity contribution in [1.82, 2.24) is 0 Å². The Morgan fingerprint density at radius 2 is 1.63 bits per heavy atom. The smallest absolute Gasteiger partial charge is 0.201 e. The monoisotopic (exact) mass is 261 g/mol. The van der Waals surface area contributed by atoms with E-state index in [0.717, 1.165) is 24.6 Å². The topological polar surface area (TPSA) is 0 Å². The molecule has 0 N–H and O–H groups in total. The zero-order valence-corrected chi connectivity index (χ0v) is 11.0. The summed E-state index contributed by atoms with van der Waals surface area (Å²) in [6, 6.07) is 12.5. The Morgan fingerprint density at radius 1 is 0.895 bits per heavy atom. The van der Waals surface area contributed by atoms with Gasteiger partial charge in [0, 0.05) is 12.0 Å². The minimum atomic E-state index is -2.75. The molecule has 0 aliphatic carbocycles. The maximum atomic E-state index is 14.3. The van der Waals surface area contributed by atoms with Gasteiger partial charge in [-0.15, -0.1) is 0 Å². The number of alkyl halides is 2. The number of hydrogen-bond donors (Lipinski definition) is 0. The summed E-state index contributed by atoms with van der Waals surface area (Å²) in [4.78, 5) is 0. The van der Waals surface area contributed by atoms with Gasteiger partial charge in [-0.2, -0.15) is 0 Å². The third kappa shape index (κ3) is 3.31. The molecule has 0 atom stereocenters. The molecule has 0 unspecified atom stereocenters. The first-order valence-electron chi connectivity index (χ1n) is 6.80. The van der Waals surface area contributed by atoms with Crippen molar-refractivity contribution < 1.29 is 8.78 Å². The Hall–Kier alpha value is -1.44. The molecule has 19 heavy (non-hydrogen) atoms. The molecule has 0 aromatic heterocycles. The lowest BCUT2D eigenvalue weighted by atomic mass is 9.96. The Labute approximate surface area is 113 Å². The lowest BCUT2D eigenvalue weighted by Crippen LogP contribution is -2.13. The van der Waals surface area contributed by atoms with Crippen molar-refractivity contribution >= 4 is 10.8 Å². The predicted octanol–water partition coefficient (Wildman–Crippen LogP) is 5.72. The van der Waals surface area contributed by atoms with E-state index < -0.39 is 5.92 Å². The molecule has 0 nitrogen and oxygen atoms in total. The van der Waals surface area contributed by atoms with Gasteiger partial charge in [-0.05, 0) is 17.2 Å². The van der Waals surface area contributed by atoms with E-state index in [9.17, 15) is 8.78 Å². The third-order valence-corrected chi connectivity index (χ3v) is 3.42. The van der Waals surface area contributed by atoms with E-state index in [1.165, 1.54) is 0 Å². The highest BCUT2D eigenvalue weighted by Gasteiger charge is 2.32. The van der Waals surface area contributed by atoms with Gasteiger partial charge in [-0.25, -0.2) is 8.78 Å². The number of benzene rings is 2. The zero-order chi connectivity index (χ0) is 13.7. The van der Waals surface area contributed by atoms with Gasteiger partial charge in [0.25, 0.3) is 5.92 Å². The van der Waals surface area contributed by atoms with Crippen molar-refractivity contribution in [2.75, 3.05) is 0 Å². The Morgan fingerprint density at radius 3 is 2.42 bits per heavy atom. The molecule has 0 aliphatic rings. The molecule has 2 heteroatoms. The summed E-state index contributed by atoms with van der Waals surface area (Å²) >= 11 is 0. The van der Waals surface area contributed by atoms with Gasteiger partial charge in [-0.1, -0.05) is 68.7 Å². The third-order valence-electron chi connectivity index (χ3n) is 3.42. The molecule has 2 aromatic carbocycles. The van der Waals surface area contributed by atoms with Gasteiger partial charge >= 0.3 is 0 Å². The number of hydrogen-bond acceptors (Lipinski definition) is 0. The van der Waals surface area contributed by atoms with Crippen LogP contribution in [0.1, 0.15) is 37.7 Å². The molecule has 2 rings (SSSR count). The molecule has 0 fully saturated rings. The summed E-state index contributed by atoms with van der Waals surface area (Å²) < 4.78 is 28.6. The summed E-state index contributed by atoms with van der Waals surface area (Å²) in [6.07, 6.45) is 3.03. The van der Waals surface area contributed by atoms with Crippen molar-refractivity contribution in [3.63, 3.8) is 0 Å². The van der Waals surface area contributed by atoms with Crippen LogP contribution in [-0.4, -0.2) is 0 Å². The fraction of sp³-hybridized carbons (Fsp3) is 0.353. The first kappa shape index (κ1) is 14.0. The summed E-state index contributed by atoms with van der Waals surface area (Å²) in [5, 5.41) is 1.53. The van der Waals surface area contributed by atoms with Crippen LogP contribution in [-0.2, 0) is 5.92 Å². The van der Waals surface area contributed by atoms with Crippen molar-refractivity contribution in [2.24, 2.45) is 0 Å². The van der Waals surface area contributed by atoms with Crippen LogP contribution in [0.25, 0.3) is 10.8 Å². The van der Waals surface area contributed by atoms with E-state index in [1.807, 2.05) is 24.3 Å². The summed E-state index contributed by atoms with van der Waals surface area (Å²) in [5.74, 6) is -2.75. The summed E-state index contributed by atoms with van der Waals surface area (Å²) in [7, 11) is 0. The molecule has 0 aliphatic heterocycles. The van der Waals surface area contributed by atoms with Crippen LogP contribution in [0.2, 0.25) is 0 Å². The maximum Gasteiger partial charge on any atom is 0.273 e. The highest BCUT2D eigenvalue weighted by Crippen LogP contribution is 2.37. The van der Waals surface area contributed by atoms with Crippen molar-refractivity contribution in [3.8, 4) is 0 Å². The maximum absolute atomic E-state index is 14.3. The highest BCUT2D eigenvalue weighted by atomic mass is 19.3. The predicted molar refractivity (Wildman–Crippen MR) is 76.3 cm³/mol. The molecule has 0 amide bonds. The molecular weight excluding hydrogens is 242 g/mol. The number of fused-ring (bicyclic) bond motifs is 1. The van der Waals surface area contributed by atoms with Gasteiger partial charge in [0.15, 0.2) is 0 Å². The fourth-order valence-corrected chi connectivity index (χ4v) is 2.38. The molecular formula is C17H19F2. The number of rotatable bonds is 6. The number of unbranched alkanes of at least 4 members (excludes halogenated alkanes) is 3. The second kappa shape index (κ2) is 6.14. The van der Waals surface area contributed by atoms with Gasteiger partial charge in [0.05, 0.1) is 0 Å². The Bertz CT molecular complexity index is 526. The SMILES string of the molecule is [CH2]CCCCCC(F)(F)c1cccc2ccccc12. The first-order valence-corrected chi connectivity index (χ1v) is 6.80. The highest BCUT2D eigenvalue weighted by molar-refractivity contribution is 5.86. The zero-order valence-electron chi connectivity index (χ0n) is 11.0. The van der Waals surface area contributed by atoms with Crippen molar-refractivity contribution in [2.45, 2.75) is 38.0 Å². The van der Waals surface area contributed by atoms with Crippen LogP contribution in [0.4, 0.5) is 8.78 Å². The van der Waals surface area contributed by atoms with Crippen LogP contribution >= 0.6 is 0 Å². The van der Waals surface area contributed by atoms with Crippen LogP contribution in [0.5, 0.6) is 0 Å². The molecule has 0 saturated heterocycles. The second-order valence-corrected chi connectivity index (χ2v) is 4.90. The van der Waals surface area contributed by atoms with Crippen LogP contribution in [0, 0.1) is 6.92 Å². The van der Waals surface area contributed by atoms with E-state index in [2.05, 4.69) is 6.92 Å². The minimum absolute atomic E-state index is 0.0823. The van der Waals surface area contributed by atoms with Crippen LogP contribution in [0.3, 0.4) is 0 Å². The standard InChI is InChI=1S/C17H19F2/c1-2-3-4-7-13-17(18,19)16-12-8-10-14-9-5-6-11-15(14)16/h5-6,8-12H,1-4,7,13H2. The van der Waals surface area contributed by atoms with E-state index >= 15 is 0 Å². The summed E-state index contributed by atoms with van der Waals surface area (Å²) in [5.41, 5.74) is 0.153. The average molecular weight is 261 g/mol. The van der Waals surface area contributed by atoms with Crippen molar-refractivity contribution in [1.29, 1.82) is 0 Å². The van der Waals surface area contributed by atoms with Gasteiger partial charge in [0.1, 0.15) is 0 Å². The first-order chi connectivity index (χ1) is 9.15. The van der Waals surface area contributed by atoms with Gasteiger partial charge in [0.2, 0.25) is 0 Å². The molecule has 101 valence electrons. The average Bonchev–Trinajstić information content (AvgIpc) is 2.43. The lowest BCUT2D eigenvalue weighted by molar-refractivity contribution is -0.0142. The minimum Gasteiger partial charge on any atom is -0.201 e. The quantitative estimate of drug-likeness (QED) is 0.584. The normalized spacial score (nSPS) is 11.9. The van der Waals surface area contributed by atoms with Crippen LogP contribution < -0.4 is 0 Å². The van der Waals surface area contributed by atoms with Crippen LogP contribution in [0.15, 0.2) is 42.5 Å². The van der Waals surface area contributed by atoms with E-state index in [-0.39, 0.29) is 12.0 Å². The largest absolute Gasteiger partial charge is 0.273 e. The molecule has 0 spiro atoms. The molecule has 0 saturated carbocycles.